The van der Waals surface area contributed by atoms with Crippen molar-refractivity contribution in [3.63, 3.8) is 0 Å². The highest BCUT2D eigenvalue weighted by Crippen LogP contribution is 2.58. The number of carbonyl (C=O) groups excluding carboxylic acids is 1. The maximum atomic E-state index is 11.8. The SMILES string of the molecule is CC(C(=O)O)C(=O)NC1CC2CC1C1CCCC21. The highest BCUT2D eigenvalue weighted by molar-refractivity contribution is 5.96. The van der Waals surface area contributed by atoms with Gasteiger partial charge in [0, 0.05) is 6.04 Å². The van der Waals surface area contributed by atoms with Crippen molar-refractivity contribution in [2.24, 2.45) is 29.6 Å². The van der Waals surface area contributed by atoms with Crippen molar-refractivity contribution in [2.45, 2.75) is 45.1 Å². The van der Waals surface area contributed by atoms with E-state index in [1.54, 1.807) is 0 Å². The van der Waals surface area contributed by atoms with Crippen LogP contribution in [0.1, 0.15) is 39.0 Å². The van der Waals surface area contributed by atoms with E-state index >= 15 is 0 Å². The van der Waals surface area contributed by atoms with Gasteiger partial charge in [0.05, 0.1) is 0 Å². The molecule has 0 aromatic carbocycles. The second-order valence-corrected chi connectivity index (χ2v) is 6.33. The standard InChI is InChI=1S/C14H21NO3/c1-7(14(17)18)13(16)15-12-6-8-5-11(12)10-4-2-3-9(8)10/h7-12H,2-6H2,1H3,(H,15,16)(H,17,18). The number of hydrogen-bond acceptors (Lipinski definition) is 2. The van der Waals surface area contributed by atoms with Crippen LogP contribution in [0, 0.1) is 29.6 Å². The summed E-state index contributed by atoms with van der Waals surface area (Å²) in [6.07, 6.45) is 6.35. The lowest BCUT2D eigenvalue weighted by Gasteiger charge is -2.32. The first-order valence-corrected chi connectivity index (χ1v) is 7.11. The number of carboxylic acid groups (broad SMARTS) is 1. The maximum Gasteiger partial charge on any atom is 0.315 e. The number of carboxylic acids is 1. The predicted octanol–water partition coefficient (Wildman–Crippen LogP) is 1.65. The van der Waals surface area contributed by atoms with E-state index in [-0.39, 0.29) is 11.9 Å². The third-order valence-corrected chi connectivity index (χ3v) is 5.52. The van der Waals surface area contributed by atoms with E-state index in [0.717, 1.165) is 24.2 Å². The smallest absolute Gasteiger partial charge is 0.315 e. The molecule has 2 bridgehead atoms. The Hall–Kier alpha value is -1.06. The molecule has 3 fully saturated rings. The number of hydrogen-bond donors (Lipinski definition) is 2. The van der Waals surface area contributed by atoms with Crippen LogP contribution in [0.4, 0.5) is 0 Å². The maximum absolute atomic E-state index is 11.8. The van der Waals surface area contributed by atoms with Gasteiger partial charge < -0.3 is 10.4 Å². The molecule has 3 rings (SSSR count). The molecule has 0 heterocycles. The zero-order valence-corrected chi connectivity index (χ0v) is 10.8. The number of fused-ring (bicyclic) bond motifs is 5. The zero-order valence-electron chi connectivity index (χ0n) is 10.8. The minimum atomic E-state index is -1.03. The van der Waals surface area contributed by atoms with Crippen molar-refractivity contribution in [2.75, 3.05) is 0 Å². The minimum absolute atomic E-state index is 0.239. The van der Waals surface area contributed by atoms with Crippen LogP contribution in [0.5, 0.6) is 0 Å². The summed E-state index contributed by atoms with van der Waals surface area (Å²) in [6, 6.07) is 0.239. The predicted molar refractivity (Wildman–Crippen MR) is 65.8 cm³/mol. The number of amides is 1. The summed E-state index contributed by atoms with van der Waals surface area (Å²) in [5.41, 5.74) is 0. The molecule has 6 atom stereocenters. The van der Waals surface area contributed by atoms with E-state index in [1.165, 1.54) is 32.6 Å². The van der Waals surface area contributed by atoms with Crippen LogP contribution >= 0.6 is 0 Å². The Bertz CT molecular complexity index is 381. The summed E-state index contributed by atoms with van der Waals surface area (Å²) >= 11 is 0. The summed E-state index contributed by atoms with van der Waals surface area (Å²) < 4.78 is 0. The molecule has 0 radical (unpaired) electrons. The van der Waals surface area contributed by atoms with Crippen LogP contribution in [0.3, 0.4) is 0 Å². The summed E-state index contributed by atoms with van der Waals surface area (Å²) in [7, 11) is 0. The molecule has 0 aromatic rings. The van der Waals surface area contributed by atoms with Crippen LogP contribution in [-0.2, 0) is 9.59 Å². The lowest BCUT2D eigenvalue weighted by atomic mass is 9.79. The van der Waals surface area contributed by atoms with Gasteiger partial charge in [0.2, 0.25) is 5.91 Å². The second kappa shape index (κ2) is 4.25. The fourth-order valence-electron chi connectivity index (χ4n) is 4.65. The number of aliphatic carboxylic acids is 1. The van der Waals surface area contributed by atoms with E-state index in [1.807, 2.05) is 0 Å². The molecule has 3 aliphatic carbocycles. The molecule has 3 saturated carbocycles. The Balaban J connectivity index is 1.63. The van der Waals surface area contributed by atoms with Gasteiger partial charge in [-0.05, 0) is 56.3 Å². The molecule has 6 unspecified atom stereocenters. The van der Waals surface area contributed by atoms with Crippen LogP contribution in [0.15, 0.2) is 0 Å². The lowest BCUT2D eigenvalue weighted by molar-refractivity contribution is -0.146. The fourth-order valence-corrected chi connectivity index (χ4v) is 4.65. The average Bonchev–Trinajstić information content (AvgIpc) is 2.98. The van der Waals surface area contributed by atoms with Gasteiger partial charge in [-0.2, -0.15) is 0 Å². The monoisotopic (exact) mass is 251 g/mol. The summed E-state index contributed by atoms with van der Waals surface area (Å²) in [5.74, 6) is 0.835. The highest BCUT2D eigenvalue weighted by atomic mass is 16.4. The Morgan fingerprint density at radius 2 is 1.89 bits per heavy atom. The molecule has 18 heavy (non-hydrogen) atoms. The summed E-state index contributed by atoms with van der Waals surface area (Å²) in [5, 5.41) is 11.8. The zero-order chi connectivity index (χ0) is 12.9. The van der Waals surface area contributed by atoms with Crippen molar-refractivity contribution in [3.05, 3.63) is 0 Å². The summed E-state index contributed by atoms with van der Waals surface area (Å²) in [6.45, 7) is 1.46. The lowest BCUT2D eigenvalue weighted by Crippen LogP contribution is -2.45. The van der Waals surface area contributed by atoms with Crippen LogP contribution < -0.4 is 5.32 Å². The minimum Gasteiger partial charge on any atom is -0.481 e. The molecule has 4 heteroatoms. The molecule has 0 spiro atoms. The Morgan fingerprint density at radius 3 is 2.61 bits per heavy atom. The van der Waals surface area contributed by atoms with Gasteiger partial charge in [-0.1, -0.05) is 6.42 Å². The fraction of sp³-hybridized carbons (Fsp3) is 0.857. The number of nitrogens with one attached hydrogen (secondary N) is 1. The molecule has 0 aliphatic heterocycles. The van der Waals surface area contributed by atoms with E-state index in [9.17, 15) is 9.59 Å². The quantitative estimate of drug-likeness (QED) is 0.749. The second-order valence-electron chi connectivity index (χ2n) is 6.33. The molecule has 1 amide bonds. The van der Waals surface area contributed by atoms with Gasteiger partial charge in [-0.25, -0.2) is 0 Å². The van der Waals surface area contributed by atoms with E-state index in [0.29, 0.717) is 5.92 Å². The van der Waals surface area contributed by atoms with E-state index < -0.39 is 11.9 Å². The Labute approximate surface area is 107 Å². The van der Waals surface area contributed by atoms with Gasteiger partial charge in [0.25, 0.3) is 0 Å². The van der Waals surface area contributed by atoms with E-state index in [4.69, 9.17) is 5.11 Å². The number of rotatable bonds is 3. The van der Waals surface area contributed by atoms with Crippen LogP contribution in [0.2, 0.25) is 0 Å². The van der Waals surface area contributed by atoms with Gasteiger partial charge >= 0.3 is 5.97 Å². The largest absolute Gasteiger partial charge is 0.481 e. The first-order valence-electron chi connectivity index (χ1n) is 7.11. The molecule has 0 aromatic heterocycles. The average molecular weight is 251 g/mol. The van der Waals surface area contributed by atoms with Crippen molar-refractivity contribution in [1.82, 2.24) is 5.32 Å². The van der Waals surface area contributed by atoms with Crippen molar-refractivity contribution >= 4 is 11.9 Å². The van der Waals surface area contributed by atoms with Gasteiger partial charge in [0.15, 0.2) is 0 Å². The van der Waals surface area contributed by atoms with Gasteiger partial charge in [0.1, 0.15) is 5.92 Å². The number of carbonyl (C=O) groups is 2. The van der Waals surface area contributed by atoms with Crippen molar-refractivity contribution < 1.29 is 14.7 Å². The molecule has 100 valence electrons. The normalized spacial score (nSPS) is 42.6. The van der Waals surface area contributed by atoms with Crippen LogP contribution in [0.25, 0.3) is 0 Å². The van der Waals surface area contributed by atoms with Crippen molar-refractivity contribution in [3.8, 4) is 0 Å². The molecule has 0 saturated heterocycles. The topological polar surface area (TPSA) is 66.4 Å². The van der Waals surface area contributed by atoms with Gasteiger partial charge in [-0.15, -0.1) is 0 Å². The third-order valence-electron chi connectivity index (χ3n) is 5.52. The van der Waals surface area contributed by atoms with Crippen molar-refractivity contribution in [1.29, 1.82) is 0 Å². The summed E-state index contributed by atoms with van der Waals surface area (Å²) in [4.78, 5) is 22.6. The molecular formula is C14H21NO3. The molecule has 4 nitrogen and oxygen atoms in total. The molecular weight excluding hydrogens is 230 g/mol. The Kier molecular flexibility index (Phi) is 2.83. The van der Waals surface area contributed by atoms with Gasteiger partial charge in [-0.3, -0.25) is 9.59 Å². The van der Waals surface area contributed by atoms with E-state index in [2.05, 4.69) is 5.32 Å². The highest BCUT2D eigenvalue weighted by Gasteiger charge is 2.54. The molecule has 2 N–H and O–H groups in total. The molecule has 3 aliphatic rings. The first kappa shape index (κ1) is 12.0. The Morgan fingerprint density at radius 1 is 1.17 bits per heavy atom. The van der Waals surface area contributed by atoms with Crippen LogP contribution in [-0.4, -0.2) is 23.0 Å². The third kappa shape index (κ3) is 1.73. The first-order chi connectivity index (χ1) is 8.58.